The van der Waals surface area contributed by atoms with Crippen LogP contribution in [0.4, 0.5) is 0 Å². The van der Waals surface area contributed by atoms with Gasteiger partial charge in [0.05, 0.1) is 25.9 Å². The van der Waals surface area contributed by atoms with Crippen molar-refractivity contribution >= 4 is 15.9 Å². The van der Waals surface area contributed by atoms with Gasteiger partial charge in [0, 0.05) is 12.2 Å². The summed E-state index contributed by atoms with van der Waals surface area (Å²) in [7, 11) is -2.46. The SMILES string of the molecule is COc1ccc(C)cc1S(=O)(=O)N(CC(=O)NCc1ccccn1)C1CCCCC1. The van der Waals surface area contributed by atoms with Crippen LogP contribution in [-0.4, -0.2) is 43.3 Å². The highest BCUT2D eigenvalue weighted by atomic mass is 32.2. The molecule has 1 N–H and O–H groups in total. The van der Waals surface area contributed by atoms with Gasteiger partial charge in [-0.15, -0.1) is 0 Å². The Labute approximate surface area is 178 Å². The van der Waals surface area contributed by atoms with Gasteiger partial charge in [0.15, 0.2) is 0 Å². The molecule has 0 unspecified atom stereocenters. The fourth-order valence-corrected chi connectivity index (χ4v) is 5.66. The number of aromatic nitrogens is 1. The summed E-state index contributed by atoms with van der Waals surface area (Å²) >= 11 is 0. The molecule has 1 saturated carbocycles. The zero-order valence-corrected chi connectivity index (χ0v) is 18.3. The van der Waals surface area contributed by atoms with Gasteiger partial charge in [-0.2, -0.15) is 4.31 Å². The Bertz CT molecular complexity index is 958. The molecule has 0 saturated heterocycles. The number of rotatable bonds is 8. The van der Waals surface area contributed by atoms with Crippen LogP contribution in [0.15, 0.2) is 47.5 Å². The van der Waals surface area contributed by atoms with Crippen LogP contribution in [0.3, 0.4) is 0 Å². The molecule has 0 radical (unpaired) electrons. The first-order valence-corrected chi connectivity index (χ1v) is 11.7. The first-order chi connectivity index (χ1) is 14.4. The van der Waals surface area contributed by atoms with Gasteiger partial charge in [-0.05, 0) is 49.6 Å². The van der Waals surface area contributed by atoms with Gasteiger partial charge in [-0.1, -0.05) is 31.4 Å². The minimum absolute atomic E-state index is 0.105. The van der Waals surface area contributed by atoms with E-state index < -0.39 is 10.0 Å². The van der Waals surface area contributed by atoms with Gasteiger partial charge < -0.3 is 10.1 Å². The molecule has 1 aromatic carbocycles. The maximum absolute atomic E-state index is 13.6. The zero-order chi connectivity index (χ0) is 21.6. The first kappa shape index (κ1) is 22.2. The normalized spacial score (nSPS) is 15.2. The molecule has 0 atom stereocenters. The molecule has 162 valence electrons. The molecule has 3 rings (SSSR count). The van der Waals surface area contributed by atoms with Crippen LogP contribution in [0, 0.1) is 6.92 Å². The third kappa shape index (κ3) is 5.37. The summed E-state index contributed by atoms with van der Waals surface area (Å²) in [4.78, 5) is 17.0. The molecular formula is C22H29N3O4S. The Kier molecular flexibility index (Phi) is 7.44. The lowest BCUT2D eigenvalue weighted by Crippen LogP contribution is -2.47. The van der Waals surface area contributed by atoms with Crippen molar-refractivity contribution in [2.75, 3.05) is 13.7 Å². The highest BCUT2D eigenvalue weighted by Gasteiger charge is 2.35. The lowest BCUT2D eigenvalue weighted by molar-refractivity contribution is -0.121. The first-order valence-electron chi connectivity index (χ1n) is 10.2. The molecule has 30 heavy (non-hydrogen) atoms. The van der Waals surface area contributed by atoms with Gasteiger partial charge in [0.2, 0.25) is 15.9 Å². The van der Waals surface area contributed by atoms with Crippen LogP contribution in [-0.2, 0) is 21.4 Å². The van der Waals surface area contributed by atoms with Crippen molar-refractivity contribution in [2.24, 2.45) is 0 Å². The monoisotopic (exact) mass is 431 g/mol. The second kappa shape index (κ2) is 10.0. The second-order valence-electron chi connectivity index (χ2n) is 7.59. The number of amides is 1. The summed E-state index contributed by atoms with van der Waals surface area (Å²) in [6.45, 7) is 1.87. The van der Waals surface area contributed by atoms with Crippen molar-refractivity contribution < 1.29 is 17.9 Å². The van der Waals surface area contributed by atoms with Crippen molar-refractivity contribution in [1.82, 2.24) is 14.6 Å². The van der Waals surface area contributed by atoms with Crippen LogP contribution in [0.5, 0.6) is 5.75 Å². The van der Waals surface area contributed by atoms with E-state index in [9.17, 15) is 13.2 Å². The van der Waals surface area contributed by atoms with Crippen molar-refractivity contribution in [2.45, 2.75) is 56.5 Å². The van der Waals surface area contributed by atoms with Crippen molar-refractivity contribution in [1.29, 1.82) is 0 Å². The Morgan fingerprint density at radius 2 is 1.97 bits per heavy atom. The van der Waals surface area contributed by atoms with Gasteiger partial charge in [-0.25, -0.2) is 8.42 Å². The number of pyridine rings is 1. The molecule has 7 nitrogen and oxygen atoms in total. The molecule has 0 aliphatic heterocycles. The summed E-state index contributed by atoms with van der Waals surface area (Å²) < 4.78 is 33.9. The van der Waals surface area contributed by atoms with Gasteiger partial charge >= 0.3 is 0 Å². The molecule has 1 amide bonds. The lowest BCUT2D eigenvalue weighted by Gasteiger charge is -2.33. The lowest BCUT2D eigenvalue weighted by atomic mass is 9.95. The van der Waals surface area contributed by atoms with E-state index in [0.717, 1.165) is 43.4 Å². The van der Waals surface area contributed by atoms with E-state index in [1.54, 1.807) is 24.4 Å². The smallest absolute Gasteiger partial charge is 0.247 e. The molecule has 1 aliphatic carbocycles. The zero-order valence-electron chi connectivity index (χ0n) is 17.5. The predicted molar refractivity (Wildman–Crippen MR) is 115 cm³/mol. The average Bonchev–Trinajstić information content (AvgIpc) is 2.77. The summed E-state index contributed by atoms with van der Waals surface area (Å²) in [5.74, 6) is -0.0586. The third-order valence-electron chi connectivity index (χ3n) is 5.38. The molecule has 0 bridgehead atoms. The van der Waals surface area contributed by atoms with Crippen LogP contribution < -0.4 is 10.1 Å². The number of hydrogen-bond acceptors (Lipinski definition) is 5. The topological polar surface area (TPSA) is 88.6 Å². The van der Waals surface area contributed by atoms with Crippen LogP contribution in [0.2, 0.25) is 0 Å². The number of ether oxygens (including phenoxy) is 1. The minimum Gasteiger partial charge on any atom is -0.495 e. The second-order valence-corrected chi connectivity index (χ2v) is 9.45. The Morgan fingerprint density at radius 1 is 1.20 bits per heavy atom. The number of aryl methyl sites for hydroxylation is 1. The highest BCUT2D eigenvalue weighted by Crippen LogP contribution is 2.32. The van der Waals surface area contributed by atoms with E-state index in [-0.39, 0.29) is 35.7 Å². The quantitative estimate of drug-likeness (QED) is 0.694. The summed E-state index contributed by atoms with van der Waals surface area (Å²) in [6, 6.07) is 10.3. The average molecular weight is 432 g/mol. The summed E-state index contributed by atoms with van der Waals surface area (Å²) in [5.41, 5.74) is 1.54. The molecule has 1 aliphatic rings. The molecule has 1 aromatic heterocycles. The fraction of sp³-hybridized carbons (Fsp3) is 0.455. The largest absolute Gasteiger partial charge is 0.495 e. The number of benzene rings is 1. The maximum atomic E-state index is 13.6. The maximum Gasteiger partial charge on any atom is 0.247 e. The molecule has 1 fully saturated rings. The fourth-order valence-electron chi connectivity index (χ4n) is 3.78. The van der Waals surface area contributed by atoms with Crippen LogP contribution in [0.25, 0.3) is 0 Å². The van der Waals surface area contributed by atoms with E-state index >= 15 is 0 Å². The number of nitrogens with one attached hydrogen (secondary N) is 1. The molecule has 1 heterocycles. The molecular weight excluding hydrogens is 402 g/mol. The molecule has 2 aromatic rings. The van der Waals surface area contributed by atoms with Crippen molar-refractivity contribution in [3.05, 3.63) is 53.9 Å². The Balaban J connectivity index is 1.85. The van der Waals surface area contributed by atoms with Gasteiger partial charge in [0.1, 0.15) is 10.6 Å². The Morgan fingerprint density at radius 3 is 2.63 bits per heavy atom. The van der Waals surface area contributed by atoms with Crippen LogP contribution in [0.1, 0.15) is 43.4 Å². The number of carbonyl (C=O) groups is 1. The van der Waals surface area contributed by atoms with Crippen molar-refractivity contribution in [3.63, 3.8) is 0 Å². The van der Waals surface area contributed by atoms with E-state index in [2.05, 4.69) is 10.3 Å². The molecule has 0 spiro atoms. The van der Waals surface area contributed by atoms with E-state index in [1.165, 1.54) is 11.4 Å². The van der Waals surface area contributed by atoms with Crippen LogP contribution >= 0.6 is 0 Å². The number of methoxy groups -OCH3 is 1. The van der Waals surface area contributed by atoms with Gasteiger partial charge in [0.25, 0.3) is 0 Å². The highest BCUT2D eigenvalue weighted by molar-refractivity contribution is 7.89. The van der Waals surface area contributed by atoms with Crippen molar-refractivity contribution in [3.8, 4) is 5.75 Å². The predicted octanol–water partition coefficient (Wildman–Crippen LogP) is 3.04. The van der Waals surface area contributed by atoms with Gasteiger partial charge in [-0.3, -0.25) is 9.78 Å². The minimum atomic E-state index is -3.91. The third-order valence-corrected chi connectivity index (χ3v) is 7.30. The number of nitrogens with zero attached hydrogens (tertiary/aromatic N) is 2. The molecule has 8 heteroatoms. The summed E-state index contributed by atoms with van der Waals surface area (Å²) in [5, 5.41) is 2.79. The summed E-state index contributed by atoms with van der Waals surface area (Å²) in [6.07, 6.45) is 6.16. The standard InChI is InChI=1S/C22H29N3O4S/c1-17-11-12-20(29-2)21(14-17)30(27,28)25(19-9-4-3-5-10-19)16-22(26)24-15-18-8-6-7-13-23-18/h6-8,11-14,19H,3-5,9-10,15-16H2,1-2H3,(H,24,26). The number of sulfonamides is 1. The van der Waals surface area contributed by atoms with E-state index in [4.69, 9.17) is 4.74 Å². The number of carbonyl (C=O) groups excluding carboxylic acids is 1. The van der Waals surface area contributed by atoms with E-state index in [0.29, 0.717) is 0 Å². The van der Waals surface area contributed by atoms with E-state index in [1.807, 2.05) is 25.1 Å². The number of hydrogen-bond donors (Lipinski definition) is 1. The Hall–Kier alpha value is -2.45.